The summed E-state index contributed by atoms with van der Waals surface area (Å²) in [7, 11) is 0. The molecule has 0 saturated carbocycles. The number of epoxide rings is 1. The van der Waals surface area contributed by atoms with Crippen LogP contribution in [-0.4, -0.2) is 19.3 Å². The topological polar surface area (TPSA) is 51.2 Å². The molecule has 0 aliphatic carbocycles. The minimum absolute atomic E-state index is 0.254. The Bertz CT molecular complexity index is 292. The van der Waals surface area contributed by atoms with Gasteiger partial charge in [-0.15, -0.1) is 4.91 Å². The van der Waals surface area contributed by atoms with Gasteiger partial charge in [-0.25, -0.2) is 0 Å². The second-order valence-corrected chi connectivity index (χ2v) is 2.85. The van der Waals surface area contributed by atoms with Gasteiger partial charge in [0.1, 0.15) is 24.1 Å². The lowest BCUT2D eigenvalue weighted by molar-refractivity contribution is 0.263. The number of hydrogen-bond donors (Lipinski definition) is 0. The summed E-state index contributed by atoms with van der Waals surface area (Å²) in [6.07, 6.45) is 0.254. The molecule has 68 valence electrons. The van der Waals surface area contributed by atoms with E-state index in [-0.39, 0.29) is 6.10 Å². The van der Waals surface area contributed by atoms with Gasteiger partial charge in [0.2, 0.25) is 0 Å². The van der Waals surface area contributed by atoms with Crippen molar-refractivity contribution in [3.63, 3.8) is 0 Å². The molecule has 0 aromatic heterocycles. The number of hydrogen-bond acceptors (Lipinski definition) is 4. The Labute approximate surface area is 75.4 Å². The van der Waals surface area contributed by atoms with Crippen LogP contribution in [0, 0.1) is 4.91 Å². The summed E-state index contributed by atoms with van der Waals surface area (Å²) in [5.74, 6) is 0.739. The molecule has 1 atom stereocenters. The second kappa shape index (κ2) is 3.53. The molecule has 2 rings (SSSR count). The fraction of sp³-hybridized carbons (Fsp3) is 0.333. The fourth-order valence-corrected chi connectivity index (χ4v) is 0.957. The van der Waals surface area contributed by atoms with Gasteiger partial charge in [-0.05, 0) is 29.4 Å². The first-order chi connectivity index (χ1) is 6.38. The van der Waals surface area contributed by atoms with Gasteiger partial charge in [-0.1, -0.05) is 0 Å². The van der Waals surface area contributed by atoms with Gasteiger partial charge in [0, 0.05) is 0 Å². The van der Waals surface area contributed by atoms with Crippen LogP contribution in [-0.2, 0) is 4.74 Å². The van der Waals surface area contributed by atoms with Gasteiger partial charge in [-0.3, -0.25) is 0 Å². The van der Waals surface area contributed by atoms with Crippen molar-refractivity contribution in [1.29, 1.82) is 0 Å². The van der Waals surface area contributed by atoms with Crippen LogP contribution in [0.1, 0.15) is 0 Å². The van der Waals surface area contributed by atoms with Gasteiger partial charge in [0.25, 0.3) is 0 Å². The van der Waals surface area contributed by atoms with Crippen LogP contribution in [0.3, 0.4) is 0 Å². The molecule has 1 saturated heterocycles. The molecule has 13 heavy (non-hydrogen) atoms. The van der Waals surface area contributed by atoms with Crippen molar-refractivity contribution in [2.75, 3.05) is 13.2 Å². The highest BCUT2D eigenvalue weighted by molar-refractivity contribution is 5.40. The maximum Gasteiger partial charge on any atom is 0.119 e. The highest BCUT2D eigenvalue weighted by Crippen LogP contribution is 2.19. The summed E-state index contributed by atoms with van der Waals surface area (Å²) in [5.41, 5.74) is 0.412. The number of nitrogens with zero attached hydrogens (tertiary/aromatic N) is 1. The molecule has 1 aromatic carbocycles. The lowest BCUT2D eigenvalue weighted by Gasteiger charge is -2.02. The van der Waals surface area contributed by atoms with Crippen molar-refractivity contribution >= 4 is 5.69 Å². The largest absolute Gasteiger partial charge is 0.491 e. The molecule has 1 unspecified atom stereocenters. The summed E-state index contributed by atoms with van der Waals surface area (Å²) >= 11 is 0. The van der Waals surface area contributed by atoms with Gasteiger partial charge in [0.15, 0.2) is 0 Å². The van der Waals surface area contributed by atoms with Crippen LogP contribution in [0.2, 0.25) is 0 Å². The van der Waals surface area contributed by atoms with E-state index in [2.05, 4.69) is 5.18 Å². The molecule has 4 nitrogen and oxygen atoms in total. The van der Waals surface area contributed by atoms with Gasteiger partial charge >= 0.3 is 0 Å². The SMILES string of the molecule is O=Nc1ccc(OCC2CO2)cc1. The third-order valence-corrected chi connectivity index (χ3v) is 1.78. The van der Waals surface area contributed by atoms with E-state index in [1.807, 2.05) is 0 Å². The van der Waals surface area contributed by atoms with E-state index < -0.39 is 0 Å². The number of nitroso groups, excluding NO2 is 1. The Hall–Kier alpha value is -1.42. The zero-order valence-electron chi connectivity index (χ0n) is 6.97. The van der Waals surface area contributed by atoms with Crippen molar-refractivity contribution < 1.29 is 9.47 Å². The molecule has 1 aromatic rings. The van der Waals surface area contributed by atoms with Crippen LogP contribution in [0.15, 0.2) is 29.4 Å². The lowest BCUT2D eigenvalue weighted by atomic mass is 10.3. The molecule has 0 radical (unpaired) electrons. The number of rotatable bonds is 4. The zero-order valence-corrected chi connectivity index (χ0v) is 6.97. The molecule has 0 N–H and O–H groups in total. The Kier molecular flexibility index (Phi) is 2.23. The smallest absolute Gasteiger partial charge is 0.119 e. The van der Waals surface area contributed by atoms with E-state index in [1.54, 1.807) is 24.3 Å². The first-order valence-corrected chi connectivity index (χ1v) is 4.06. The van der Waals surface area contributed by atoms with E-state index in [4.69, 9.17) is 9.47 Å². The van der Waals surface area contributed by atoms with Crippen LogP contribution in [0.5, 0.6) is 5.75 Å². The zero-order chi connectivity index (χ0) is 9.10. The molecule has 1 aliphatic rings. The normalized spacial score (nSPS) is 19.5. The molecule has 1 fully saturated rings. The molecule has 0 amide bonds. The molecule has 1 aliphatic heterocycles. The predicted octanol–water partition coefficient (Wildman–Crippen LogP) is 1.86. The van der Waals surface area contributed by atoms with E-state index in [0.29, 0.717) is 12.3 Å². The Morgan fingerprint density at radius 3 is 2.69 bits per heavy atom. The van der Waals surface area contributed by atoms with Crippen LogP contribution >= 0.6 is 0 Å². The van der Waals surface area contributed by atoms with Crippen molar-refractivity contribution in [3.05, 3.63) is 29.2 Å². The Morgan fingerprint density at radius 1 is 1.46 bits per heavy atom. The van der Waals surface area contributed by atoms with Crippen molar-refractivity contribution in [3.8, 4) is 5.75 Å². The van der Waals surface area contributed by atoms with Crippen LogP contribution < -0.4 is 4.74 Å². The summed E-state index contributed by atoms with van der Waals surface area (Å²) in [4.78, 5) is 10.1. The maximum absolute atomic E-state index is 10.1. The van der Waals surface area contributed by atoms with Crippen molar-refractivity contribution in [2.45, 2.75) is 6.10 Å². The average Bonchev–Trinajstić information content (AvgIpc) is 2.99. The fourth-order valence-electron chi connectivity index (χ4n) is 0.957. The molecule has 4 heteroatoms. The average molecular weight is 179 g/mol. The van der Waals surface area contributed by atoms with Gasteiger partial charge in [0.05, 0.1) is 6.61 Å². The summed E-state index contributed by atoms with van der Waals surface area (Å²) in [6, 6.07) is 6.68. The highest BCUT2D eigenvalue weighted by Gasteiger charge is 2.22. The third-order valence-electron chi connectivity index (χ3n) is 1.78. The quantitative estimate of drug-likeness (QED) is 0.523. The first-order valence-electron chi connectivity index (χ1n) is 4.06. The molecule has 0 bridgehead atoms. The number of benzene rings is 1. The lowest BCUT2D eigenvalue weighted by Crippen LogP contribution is -2.03. The summed E-state index contributed by atoms with van der Waals surface area (Å²) in [6.45, 7) is 1.36. The first kappa shape index (κ1) is 8.19. The molecule has 0 spiro atoms. The van der Waals surface area contributed by atoms with Crippen molar-refractivity contribution in [1.82, 2.24) is 0 Å². The van der Waals surface area contributed by atoms with Gasteiger partial charge < -0.3 is 9.47 Å². The van der Waals surface area contributed by atoms with Crippen molar-refractivity contribution in [2.24, 2.45) is 5.18 Å². The van der Waals surface area contributed by atoms with Gasteiger partial charge in [-0.2, -0.15) is 0 Å². The molecular formula is C9H9NO3. The molecule has 1 heterocycles. The summed E-state index contributed by atoms with van der Waals surface area (Å²) in [5, 5.41) is 2.79. The highest BCUT2D eigenvalue weighted by atomic mass is 16.6. The van der Waals surface area contributed by atoms with Crippen LogP contribution in [0.4, 0.5) is 5.69 Å². The maximum atomic E-state index is 10.1. The minimum atomic E-state index is 0.254. The minimum Gasteiger partial charge on any atom is -0.491 e. The van der Waals surface area contributed by atoms with E-state index in [0.717, 1.165) is 12.4 Å². The Balaban J connectivity index is 1.91. The van der Waals surface area contributed by atoms with E-state index in [9.17, 15) is 4.91 Å². The third kappa shape index (κ3) is 2.26. The number of ether oxygens (including phenoxy) is 2. The predicted molar refractivity (Wildman–Crippen MR) is 47.1 cm³/mol. The molecular weight excluding hydrogens is 170 g/mol. The van der Waals surface area contributed by atoms with E-state index in [1.165, 1.54) is 0 Å². The Morgan fingerprint density at radius 2 is 2.15 bits per heavy atom. The second-order valence-electron chi connectivity index (χ2n) is 2.85. The summed E-state index contributed by atoms with van der Waals surface area (Å²) < 4.78 is 10.3. The van der Waals surface area contributed by atoms with Crippen LogP contribution in [0.25, 0.3) is 0 Å². The monoisotopic (exact) mass is 179 g/mol. The van der Waals surface area contributed by atoms with E-state index >= 15 is 0 Å². The standard InChI is InChI=1S/C9H9NO3/c11-10-7-1-3-8(4-2-7)12-5-9-6-13-9/h1-4,9H,5-6H2.